The van der Waals surface area contributed by atoms with Gasteiger partial charge >= 0.3 is 11.9 Å². The number of hydrogen-bond acceptors (Lipinski definition) is 5. The third-order valence-electron chi connectivity index (χ3n) is 10.4. The van der Waals surface area contributed by atoms with Crippen molar-refractivity contribution < 1.29 is 24.2 Å². The SMILES string of the molecule is CC/C=C\C/C=C\C/C=C\C/C=C\C/C=C\C/C=C\CCCCCCCCCCCCC(=O)OC(CO)COC(=O)CCCCCCC/C=C\CCCCCCCCC. The van der Waals surface area contributed by atoms with Crippen LogP contribution in [0.2, 0.25) is 0 Å². The molecule has 338 valence electrons. The first-order valence-electron chi connectivity index (χ1n) is 24.6. The van der Waals surface area contributed by atoms with E-state index >= 15 is 0 Å². The molecule has 0 rings (SSSR count). The fourth-order valence-corrected chi connectivity index (χ4v) is 6.73. The minimum atomic E-state index is -0.782. The number of ether oxygens (including phenoxy) is 2. The normalized spacial score (nSPS) is 12.9. The summed E-state index contributed by atoms with van der Waals surface area (Å²) in [5.41, 5.74) is 0. The Labute approximate surface area is 365 Å². The largest absolute Gasteiger partial charge is 0.462 e. The molecule has 5 heteroatoms. The lowest BCUT2D eigenvalue weighted by Gasteiger charge is -2.15. The molecule has 0 heterocycles. The summed E-state index contributed by atoms with van der Waals surface area (Å²) in [4.78, 5) is 24.4. The Morgan fingerprint density at radius 2 is 0.729 bits per heavy atom. The monoisotopic (exact) mass is 821 g/mol. The van der Waals surface area contributed by atoms with Gasteiger partial charge in [-0.15, -0.1) is 0 Å². The van der Waals surface area contributed by atoms with Crippen molar-refractivity contribution in [2.45, 2.75) is 232 Å². The summed E-state index contributed by atoms with van der Waals surface area (Å²) in [6.45, 7) is 4.02. The van der Waals surface area contributed by atoms with Crippen molar-refractivity contribution in [3.63, 3.8) is 0 Å². The van der Waals surface area contributed by atoms with Crippen LogP contribution in [0.1, 0.15) is 226 Å². The predicted octanol–water partition coefficient (Wildman–Crippen LogP) is 16.2. The number of rotatable bonds is 44. The fraction of sp³-hybridized carbons (Fsp3) is 0.704. The highest BCUT2D eigenvalue weighted by molar-refractivity contribution is 5.70. The number of carbonyl (C=O) groups excluding carboxylic acids is 2. The Balaban J connectivity index is 3.56. The lowest BCUT2D eigenvalue weighted by molar-refractivity contribution is -0.161. The van der Waals surface area contributed by atoms with Crippen LogP contribution in [-0.2, 0) is 19.1 Å². The lowest BCUT2D eigenvalue weighted by Crippen LogP contribution is -2.28. The van der Waals surface area contributed by atoms with E-state index in [2.05, 4.69) is 98.9 Å². The quantitative estimate of drug-likeness (QED) is 0.0376. The van der Waals surface area contributed by atoms with E-state index in [1.165, 1.54) is 116 Å². The predicted molar refractivity (Wildman–Crippen MR) is 256 cm³/mol. The van der Waals surface area contributed by atoms with E-state index in [1.807, 2.05) is 0 Å². The van der Waals surface area contributed by atoms with Gasteiger partial charge in [0.15, 0.2) is 6.10 Å². The third kappa shape index (κ3) is 47.6. The first-order chi connectivity index (χ1) is 29.1. The Morgan fingerprint density at radius 1 is 0.407 bits per heavy atom. The van der Waals surface area contributed by atoms with E-state index < -0.39 is 6.10 Å². The smallest absolute Gasteiger partial charge is 0.306 e. The molecule has 0 saturated carbocycles. The van der Waals surface area contributed by atoms with E-state index in [0.717, 1.165) is 83.5 Å². The molecule has 1 unspecified atom stereocenters. The molecule has 1 N–H and O–H groups in total. The van der Waals surface area contributed by atoms with Crippen molar-refractivity contribution >= 4 is 11.9 Å². The molecule has 0 aliphatic rings. The first kappa shape index (κ1) is 56.1. The summed E-state index contributed by atoms with van der Waals surface area (Å²) in [7, 11) is 0. The highest BCUT2D eigenvalue weighted by Gasteiger charge is 2.16. The number of aliphatic hydroxyl groups excluding tert-OH is 1. The topological polar surface area (TPSA) is 72.8 Å². The second-order valence-corrected chi connectivity index (χ2v) is 16.2. The second kappa shape index (κ2) is 49.4. The minimum absolute atomic E-state index is 0.0746. The molecule has 0 amide bonds. The van der Waals surface area contributed by atoms with Crippen LogP contribution < -0.4 is 0 Å². The summed E-state index contributed by atoms with van der Waals surface area (Å²) in [5, 5.41) is 9.61. The summed E-state index contributed by atoms with van der Waals surface area (Å²) in [6.07, 6.45) is 68.1. The Kier molecular flexibility index (Phi) is 47.0. The maximum Gasteiger partial charge on any atom is 0.306 e. The Bertz CT molecular complexity index is 1110. The third-order valence-corrected chi connectivity index (χ3v) is 10.4. The maximum absolute atomic E-state index is 12.3. The van der Waals surface area contributed by atoms with Gasteiger partial charge < -0.3 is 14.6 Å². The lowest BCUT2D eigenvalue weighted by atomic mass is 10.0. The molecule has 0 aliphatic heterocycles. The molecule has 0 aromatic heterocycles. The van der Waals surface area contributed by atoms with Gasteiger partial charge in [0.25, 0.3) is 0 Å². The van der Waals surface area contributed by atoms with Gasteiger partial charge in [0, 0.05) is 12.8 Å². The molecule has 0 spiro atoms. The molecule has 1 atom stereocenters. The van der Waals surface area contributed by atoms with Crippen LogP contribution in [0.4, 0.5) is 0 Å². The molecule has 0 bridgehead atoms. The van der Waals surface area contributed by atoms with E-state index in [4.69, 9.17) is 9.47 Å². The highest BCUT2D eigenvalue weighted by atomic mass is 16.6. The van der Waals surface area contributed by atoms with E-state index in [9.17, 15) is 14.7 Å². The van der Waals surface area contributed by atoms with E-state index in [1.54, 1.807) is 0 Å². The standard InChI is InChI=1S/C54H92O5/c1-3-5-7-9-11-13-15-17-19-21-22-23-24-25-26-27-28-29-30-31-32-33-35-37-39-41-43-45-47-49-54(57)59-52(50-55)51-58-53(56)48-46-44-42-40-38-36-34-20-18-16-14-12-10-8-6-4-2/h5,7,11,13,17,19-20,22-23,25-26,28-29,34,52,55H,3-4,6,8-10,12,14-16,18,21,24,27,30-33,35-51H2,1-2H3/b7-5-,13-11-,19-17-,23-22-,26-25-,29-28-,34-20-. The molecule has 0 saturated heterocycles. The van der Waals surface area contributed by atoms with Crippen LogP contribution in [0.15, 0.2) is 85.1 Å². The van der Waals surface area contributed by atoms with Crippen LogP contribution in [0.25, 0.3) is 0 Å². The number of unbranched alkanes of at least 4 members (excludes halogenated alkanes) is 22. The number of carbonyl (C=O) groups is 2. The average Bonchev–Trinajstić information content (AvgIpc) is 3.24. The Morgan fingerprint density at radius 3 is 1.12 bits per heavy atom. The molecule has 0 aromatic carbocycles. The van der Waals surface area contributed by atoms with Crippen LogP contribution in [0.3, 0.4) is 0 Å². The van der Waals surface area contributed by atoms with Gasteiger partial charge in [-0.05, 0) is 89.9 Å². The van der Waals surface area contributed by atoms with E-state index in [-0.39, 0.29) is 25.2 Å². The van der Waals surface area contributed by atoms with Gasteiger partial charge in [-0.1, -0.05) is 208 Å². The molecule has 59 heavy (non-hydrogen) atoms. The van der Waals surface area contributed by atoms with Gasteiger partial charge in [0.1, 0.15) is 6.61 Å². The van der Waals surface area contributed by atoms with Crippen molar-refractivity contribution in [2.24, 2.45) is 0 Å². The highest BCUT2D eigenvalue weighted by Crippen LogP contribution is 2.14. The summed E-state index contributed by atoms with van der Waals surface area (Å²) >= 11 is 0. The zero-order valence-corrected chi connectivity index (χ0v) is 38.5. The molecule has 5 nitrogen and oxygen atoms in total. The maximum atomic E-state index is 12.3. The molecule has 0 fully saturated rings. The summed E-state index contributed by atoms with van der Waals surface area (Å²) in [6, 6.07) is 0. The van der Waals surface area contributed by atoms with Gasteiger partial charge in [-0.2, -0.15) is 0 Å². The van der Waals surface area contributed by atoms with Gasteiger partial charge in [-0.25, -0.2) is 0 Å². The van der Waals surface area contributed by atoms with Gasteiger partial charge in [0.2, 0.25) is 0 Å². The van der Waals surface area contributed by atoms with E-state index in [0.29, 0.717) is 12.8 Å². The molecule has 0 aliphatic carbocycles. The van der Waals surface area contributed by atoms with Crippen LogP contribution >= 0.6 is 0 Å². The van der Waals surface area contributed by atoms with Crippen molar-refractivity contribution in [2.75, 3.05) is 13.2 Å². The average molecular weight is 821 g/mol. The number of allylic oxidation sites excluding steroid dienone is 14. The molecular weight excluding hydrogens is 729 g/mol. The number of esters is 2. The van der Waals surface area contributed by atoms with Gasteiger partial charge in [-0.3, -0.25) is 9.59 Å². The van der Waals surface area contributed by atoms with Crippen molar-refractivity contribution in [1.29, 1.82) is 0 Å². The van der Waals surface area contributed by atoms with Crippen molar-refractivity contribution in [3.8, 4) is 0 Å². The van der Waals surface area contributed by atoms with Crippen LogP contribution in [0.5, 0.6) is 0 Å². The van der Waals surface area contributed by atoms with Crippen LogP contribution in [0, 0.1) is 0 Å². The summed E-state index contributed by atoms with van der Waals surface area (Å²) < 4.78 is 10.7. The fourth-order valence-electron chi connectivity index (χ4n) is 6.73. The van der Waals surface area contributed by atoms with Crippen LogP contribution in [-0.4, -0.2) is 36.4 Å². The zero-order valence-electron chi connectivity index (χ0n) is 38.5. The number of hydrogen-bond donors (Lipinski definition) is 1. The van der Waals surface area contributed by atoms with Crippen molar-refractivity contribution in [3.05, 3.63) is 85.1 Å². The first-order valence-corrected chi connectivity index (χ1v) is 24.6. The van der Waals surface area contributed by atoms with Gasteiger partial charge in [0.05, 0.1) is 6.61 Å². The Hall–Kier alpha value is -2.92. The zero-order chi connectivity index (χ0) is 42.8. The van der Waals surface area contributed by atoms with Crippen molar-refractivity contribution in [1.82, 2.24) is 0 Å². The molecular formula is C54H92O5. The summed E-state index contributed by atoms with van der Waals surface area (Å²) in [5.74, 6) is -0.606. The minimum Gasteiger partial charge on any atom is -0.462 e. The second-order valence-electron chi connectivity index (χ2n) is 16.2. The molecule has 0 aromatic rings. The molecule has 0 radical (unpaired) electrons. The number of aliphatic hydroxyl groups is 1.